The third-order valence-electron chi connectivity index (χ3n) is 4.99. The number of benzene rings is 3. The minimum Gasteiger partial charge on any atom is -0.497 e. The number of carbonyl (C=O) groups is 1. The Balaban J connectivity index is 1.65. The number of rotatable bonds is 5. The van der Waals surface area contributed by atoms with Crippen LogP contribution in [-0.4, -0.2) is 34.1 Å². The number of carbonyl (C=O) groups excluding carboxylic acids is 1. The number of para-hydroxylation sites is 2. The van der Waals surface area contributed by atoms with Crippen molar-refractivity contribution >= 4 is 27.3 Å². The van der Waals surface area contributed by atoms with E-state index in [0.717, 1.165) is 5.56 Å². The van der Waals surface area contributed by atoms with E-state index in [0.29, 0.717) is 22.9 Å². The van der Waals surface area contributed by atoms with Crippen molar-refractivity contribution in [3.8, 4) is 11.5 Å². The fourth-order valence-electron chi connectivity index (χ4n) is 3.30. The molecule has 0 saturated carbocycles. The first kappa shape index (κ1) is 20.7. The molecule has 1 atom stereocenters. The molecular weight excluding hydrogens is 416 g/mol. The van der Waals surface area contributed by atoms with E-state index in [1.54, 1.807) is 48.5 Å². The van der Waals surface area contributed by atoms with Crippen molar-refractivity contribution in [1.82, 2.24) is 0 Å². The minimum absolute atomic E-state index is 0.0997. The fourth-order valence-corrected chi connectivity index (χ4v) is 4.78. The number of sulfonamides is 1. The molecule has 0 aliphatic carbocycles. The van der Waals surface area contributed by atoms with Crippen LogP contribution in [0.15, 0.2) is 77.7 Å². The van der Waals surface area contributed by atoms with E-state index in [1.165, 1.54) is 23.5 Å². The first-order valence-electron chi connectivity index (χ1n) is 9.68. The predicted molar refractivity (Wildman–Crippen MR) is 118 cm³/mol. The number of anilines is 2. The van der Waals surface area contributed by atoms with Crippen molar-refractivity contribution in [2.24, 2.45) is 0 Å². The summed E-state index contributed by atoms with van der Waals surface area (Å²) in [6.07, 6.45) is -1.01. The van der Waals surface area contributed by atoms with Crippen LogP contribution in [0.3, 0.4) is 0 Å². The van der Waals surface area contributed by atoms with Crippen LogP contribution in [0.5, 0.6) is 11.5 Å². The third kappa shape index (κ3) is 4.20. The molecule has 3 aromatic carbocycles. The number of nitrogens with zero attached hydrogens (tertiary/aromatic N) is 1. The molecule has 1 aliphatic heterocycles. The van der Waals surface area contributed by atoms with Gasteiger partial charge in [0.15, 0.2) is 6.10 Å². The van der Waals surface area contributed by atoms with Gasteiger partial charge in [-0.05, 0) is 55.5 Å². The first-order chi connectivity index (χ1) is 14.9. The van der Waals surface area contributed by atoms with E-state index in [4.69, 9.17) is 9.47 Å². The molecule has 1 N–H and O–H groups in total. The number of ether oxygens (including phenoxy) is 2. The van der Waals surface area contributed by atoms with Crippen LogP contribution in [0.4, 0.5) is 11.4 Å². The molecule has 0 saturated heterocycles. The van der Waals surface area contributed by atoms with Crippen molar-refractivity contribution in [2.75, 3.05) is 23.3 Å². The van der Waals surface area contributed by atoms with Gasteiger partial charge in [-0.2, -0.15) is 0 Å². The monoisotopic (exact) mass is 438 g/mol. The van der Waals surface area contributed by atoms with Gasteiger partial charge in [0.25, 0.3) is 15.9 Å². The van der Waals surface area contributed by atoms with Crippen LogP contribution in [-0.2, 0) is 14.8 Å². The van der Waals surface area contributed by atoms with Crippen LogP contribution in [0, 0.1) is 6.92 Å². The molecule has 1 heterocycles. The third-order valence-corrected chi connectivity index (χ3v) is 6.79. The van der Waals surface area contributed by atoms with Gasteiger partial charge >= 0.3 is 0 Å². The number of aryl methyl sites for hydroxylation is 1. The molecular formula is C23H22N2O5S. The zero-order chi connectivity index (χ0) is 22.0. The highest BCUT2D eigenvalue weighted by Gasteiger charge is 2.37. The van der Waals surface area contributed by atoms with Gasteiger partial charge in [0.1, 0.15) is 11.5 Å². The van der Waals surface area contributed by atoms with Gasteiger partial charge < -0.3 is 14.8 Å². The lowest BCUT2D eigenvalue weighted by Gasteiger charge is -2.34. The van der Waals surface area contributed by atoms with E-state index in [2.05, 4.69) is 5.32 Å². The van der Waals surface area contributed by atoms with E-state index in [1.807, 2.05) is 19.1 Å². The van der Waals surface area contributed by atoms with Crippen molar-refractivity contribution in [1.29, 1.82) is 0 Å². The Labute approximate surface area is 181 Å². The van der Waals surface area contributed by atoms with Crippen molar-refractivity contribution in [3.63, 3.8) is 0 Å². The Morgan fingerprint density at radius 3 is 2.39 bits per heavy atom. The molecule has 8 heteroatoms. The van der Waals surface area contributed by atoms with E-state index in [-0.39, 0.29) is 11.4 Å². The largest absolute Gasteiger partial charge is 0.497 e. The SMILES string of the molecule is COc1ccc(S(=O)(=O)N2C[C@H](C(=O)Nc3ccc(C)cc3)Oc3ccccc32)cc1. The maximum atomic E-state index is 13.4. The lowest BCUT2D eigenvalue weighted by Crippen LogP contribution is -2.48. The second-order valence-electron chi connectivity index (χ2n) is 7.14. The topological polar surface area (TPSA) is 84.9 Å². The summed E-state index contributed by atoms with van der Waals surface area (Å²) in [5, 5.41) is 2.79. The van der Waals surface area contributed by atoms with Gasteiger partial charge in [0.05, 0.1) is 24.2 Å². The molecule has 0 bridgehead atoms. The minimum atomic E-state index is -3.93. The normalized spacial score (nSPS) is 15.5. The quantitative estimate of drug-likeness (QED) is 0.658. The molecule has 0 aromatic heterocycles. The van der Waals surface area contributed by atoms with E-state index < -0.39 is 22.0 Å². The van der Waals surface area contributed by atoms with Crippen LogP contribution in [0.25, 0.3) is 0 Å². The molecule has 1 amide bonds. The maximum Gasteiger partial charge on any atom is 0.267 e. The molecule has 3 aromatic rings. The molecule has 0 spiro atoms. The molecule has 0 radical (unpaired) electrons. The van der Waals surface area contributed by atoms with Gasteiger partial charge in [-0.3, -0.25) is 9.10 Å². The molecule has 7 nitrogen and oxygen atoms in total. The second-order valence-corrected chi connectivity index (χ2v) is 9.00. The Hall–Kier alpha value is -3.52. The van der Waals surface area contributed by atoms with Crippen LogP contribution in [0.1, 0.15) is 5.56 Å². The Morgan fingerprint density at radius 2 is 1.71 bits per heavy atom. The van der Waals surface area contributed by atoms with Crippen molar-refractivity contribution in [3.05, 3.63) is 78.4 Å². The number of nitrogens with one attached hydrogen (secondary N) is 1. The van der Waals surface area contributed by atoms with Gasteiger partial charge in [-0.1, -0.05) is 29.8 Å². The maximum absolute atomic E-state index is 13.4. The molecule has 1 aliphatic rings. The Bertz CT molecular complexity index is 1190. The van der Waals surface area contributed by atoms with E-state index in [9.17, 15) is 13.2 Å². The summed E-state index contributed by atoms with van der Waals surface area (Å²) in [6.45, 7) is 1.80. The Morgan fingerprint density at radius 1 is 1.03 bits per heavy atom. The number of fused-ring (bicyclic) bond motifs is 1. The van der Waals surface area contributed by atoms with Crippen LogP contribution < -0.4 is 19.1 Å². The van der Waals surface area contributed by atoms with Crippen molar-refractivity contribution < 1.29 is 22.7 Å². The van der Waals surface area contributed by atoms with Gasteiger partial charge in [0.2, 0.25) is 0 Å². The van der Waals surface area contributed by atoms with Crippen molar-refractivity contribution in [2.45, 2.75) is 17.9 Å². The summed E-state index contributed by atoms with van der Waals surface area (Å²) in [6, 6.07) is 20.2. The number of hydrogen-bond donors (Lipinski definition) is 1. The summed E-state index contributed by atoms with van der Waals surface area (Å²) in [7, 11) is -2.41. The molecule has 31 heavy (non-hydrogen) atoms. The second kappa shape index (κ2) is 8.31. The standard InChI is InChI=1S/C23H22N2O5S/c1-16-7-9-17(10-8-16)24-23(26)22-15-25(20-5-3-4-6-21(20)30-22)31(27,28)19-13-11-18(29-2)12-14-19/h3-14,22H,15H2,1-2H3,(H,24,26)/t22-/m1/s1. The fraction of sp³-hybridized carbons (Fsp3) is 0.174. The zero-order valence-electron chi connectivity index (χ0n) is 17.1. The molecule has 4 rings (SSSR count). The van der Waals surface area contributed by atoms with Crippen LogP contribution in [0.2, 0.25) is 0 Å². The summed E-state index contributed by atoms with van der Waals surface area (Å²) in [5.41, 5.74) is 2.07. The molecule has 0 unspecified atom stereocenters. The highest BCUT2D eigenvalue weighted by molar-refractivity contribution is 7.92. The summed E-state index contributed by atoms with van der Waals surface area (Å²) >= 11 is 0. The van der Waals surface area contributed by atoms with Gasteiger partial charge in [-0.15, -0.1) is 0 Å². The lowest BCUT2D eigenvalue weighted by atomic mass is 10.2. The highest BCUT2D eigenvalue weighted by atomic mass is 32.2. The van der Waals surface area contributed by atoms with Gasteiger partial charge in [0, 0.05) is 5.69 Å². The van der Waals surface area contributed by atoms with E-state index >= 15 is 0 Å². The zero-order valence-corrected chi connectivity index (χ0v) is 17.9. The predicted octanol–water partition coefficient (Wildman–Crippen LogP) is 3.60. The highest BCUT2D eigenvalue weighted by Crippen LogP contribution is 2.37. The lowest BCUT2D eigenvalue weighted by molar-refractivity contribution is -0.122. The smallest absolute Gasteiger partial charge is 0.267 e. The average molecular weight is 439 g/mol. The summed E-state index contributed by atoms with van der Waals surface area (Å²) < 4.78 is 39.0. The number of hydrogen-bond acceptors (Lipinski definition) is 5. The first-order valence-corrected chi connectivity index (χ1v) is 11.1. The summed E-state index contributed by atoms with van der Waals surface area (Å²) in [4.78, 5) is 13.0. The average Bonchev–Trinajstić information content (AvgIpc) is 2.79. The Kier molecular flexibility index (Phi) is 5.56. The number of methoxy groups -OCH3 is 1. The number of amides is 1. The molecule has 160 valence electrons. The van der Waals surface area contributed by atoms with Crippen LogP contribution >= 0.6 is 0 Å². The summed E-state index contributed by atoms with van der Waals surface area (Å²) in [5.74, 6) is 0.458. The van der Waals surface area contributed by atoms with Gasteiger partial charge in [-0.25, -0.2) is 8.42 Å². The molecule has 0 fully saturated rings.